The van der Waals surface area contributed by atoms with Crippen molar-refractivity contribution in [3.63, 3.8) is 0 Å². The number of nitrogens with zero attached hydrogens (tertiary/aromatic N) is 2. The van der Waals surface area contributed by atoms with Gasteiger partial charge in [0.1, 0.15) is 18.2 Å². The Labute approximate surface area is 183 Å². The average Bonchev–Trinajstić information content (AvgIpc) is 2.75. The quantitative estimate of drug-likeness (QED) is 0.331. The van der Waals surface area contributed by atoms with Crippen molar-refractivity contribution in [1.29, 1.82) is 5.26 Å². The van der Waals surface area contributed by atoms with Gasteiger partial charge in [-0.05, 0) is 37.2 Å². The standard InChI is InChI=1S/C22H30BN3O5/c1-16(2)12-18(14-24)21(27)26-11-7-6-10-19(26)15-31-22(28)25-20(23(29)30)13-17-8-4-3-5-9-17/h3-5,8-9,12,16,19-20,29-30H,6-7,10-11,13,15H2,1-2H3,(H,25,28)/t19-,20?/m1/s1. The van der Waals surface area contributed by atoms with E-state index >= 15 is 0 Å². The number of amides is 2. The van der Waals surface area contributed by atoms with Gasteiger partial charge < -0.3 is 25.0 Å². The van der Waals surface area contributed by atoms with Gasteiger partial charge in [0.15, 0.2) is 0 Å². The smallest absolute Gasteiger partial charge is 0.447 e. The largest absolute Gasteiger partial charge is 0.475 e. The first-order chi connectivity index (χ1) is 14.8. The van der Waals surface area contributed by atoms with Crippen LogP contribution >= 0.6 is 0 Å². The van der Waals surface area contributed by atoms with Crippen LogP contribution < -0.4 is 5.32 Å². The third-order valence-electron chi connectivity index (χ3n) is 5.11. The van der Waals surface area contributed by atoms with Gasteiger partial charge >= 0.3 is 13.2 Å². The molecule has 0 bridgehead atoms. The molecule has 1 saturated heterocycles. The monoisotopic (exact) mass is 427 g/mol. The van der Waals surface area contributed by atoms with Gasteiger partial charge in [-0.3, -0.25) is 4.79 Å². The lowest BCUT2D eigenvalue weighted by atomic mass is 9.76. The van der Waals surface area contributed by atoms with E-state index in [1.807, 2.05) is 50.2 Å². The molecule has 3 N–H and O–H groups in total. The van der Waals surface area contributed by atoms with Gasteiger partial charge in [-0.2, -0.15) is 5.26 Å². The number of carbonyl (C=O) groups excluding carboxylic acids is 2. The number of hydrogen-bond acceptors (Lipinski definition) is 6. The van der Waals surface area contributed by atoms with Crippen molar-refractivity contribution in [3.8, 4) is 6.07 Å². The number of nitrogens with one attached hydrogen (secondary N) is 1. The molecule has 1 unspecified atom stereocenters. The van der Waals surface area contributed by atoms with Gasteiger partial charge in [0.2, 0.25) is 0 Å². The highest BCUT2D eigenvalue weighted by Gasteiger charge is 2.31. The van der Waals surface area contributed by atoms with E-state index in [2.05, 4.69) is 5.32 Å². The molecule has 8 nitrogen and oxygen atoms in total. The Morgan fingerprint density at radius 3 is 2.65 bits per heavy atom. The summed E-state index contributed by atoms with van der Waals surface area (Å²) in [4.78, 5) is 26.7. The second-order valence-electron chi connectivity index (χ2n) is 8.04. The van der Waals surface area contributed by atoms with Gasteiger partial charge in [0, 0.05) is 6.54 Å². The normalized spacial score (nSPS) is 17.6. The van der Waals surface area contributed by atoms with Crippen molar-refractivity contribution >= 4 is 19.1 Å². The Morgan fingerprint density at radius 1 is 1.32 bits per heavy atom. The number of hydrogen-bond donors (Lipinski definition) is 3. The van der Waals surface area contributed by atoms with Crippen molar-refractivity contribution in [2.45, 2.75) is 51.5 Å². The molecule has 1 aliphatic heterocycles. The van der Waals surface area contributed by atoms with Crippen LogP contribution in [-0.4, -0.2) is 59.2 Å². The zero-order valence-electron chi connectivity index (χ0n) is 18.0. The Balaban J connectivity index is 1.96. The van der Waals surface area contributed by atoms with Gasteiger partial charge in [-0.15, -0.1) is 0 Å². The maximum atomic E-state index is 12.8. The summed E-state index contributed by atoms with van der Waals surface area (Å²) in [6.07, 6.45) is 3.46. The number of piperidine rings is 1. The molecule has 31 heavy (non-hydrogen) atoms. The number of carbonyl (C=O) groups is 2. The van der Waals surface area contributed by atoms with Crippen molar-refractivity contribution in [3.05, 3.63) is 47.5 Å². The second-order valence-corrected chi connectivity index (χ2v) is 8.04. The number of ether oxygens (including phenoxy) is 1. The summed E-state index contributed by atoms with van der Waals surface area (Å²) >= 11 is 0. The molecule has 1 aromatic carbocycles. The molecule has 0 aliphatic carbocycles. The van der Waals surface area contributed by atoms with E-state index in [0.29, 0.717) is 13.0 Å². The summed E-state index contributed by atoms with van der Waals surface area (Å²) in [5, 5.41) is 31.0. The predicted octanol–water partition coefficient (Wildman–Crippen LogP) is 1.82. The molecular weight excluding hydrogens is 397 g/mol. The number of alkyl carbamates (subject to hydrolysis) is 1. The Hall–Kier alpha value is -2.83. The fraction of sp³-hybridized carbons (Fsp3) is 0.500. The highest BCUT2D eigenvalue weighted by molar-refractivity contribution is 6.43. The molecule has 2 rings (SSSR count). The lowest BCUT2D eigenvalue weighted by molar-refractivity contribution is -0.131. The van der Waals surface area contributed by atoms with E-state index in [0.717, 1.165) is 18.4 Å². The topological polar surface area (TPSA) is 123 Å². The third-order valence-corrected chi connectivity index (χ3v) is 5.11. The summed E-state index contributed by atoms with van der Waals surface area (Å²) in [6, 6.07) is 10.8. The highest BCUT2D eigenvalue weighted by atomic mass is 16.5. The fourth-order valence-electron chi connectivity index (χ4n) is 3.55. The summed E-state index contributed by atoms with van der Waals surface area (Å²) in [5.41, 5.74) is 0.934. The summed E-state index contributed by atoms with van der Waals surface area (Å²) in [7, 11) is -1.75. The number of likely N-dealkylation sites (tertiary alicyclic amines) is 1. The molecule has 2 atom stereocenters. The summed E-state index contributed by atoms with van der Waals surface area (Å²) in [6.45, 7) is 4.26. The van der Waals surface area contributed by atoms with E-state index in [1.54, 1.807) is 11.0 Å². The second kappa shape index (κ2) is 12.1. The average molecular weight is 427 g/mol. The minimum Gasteiger partial charge on any atom is -0.447 e. The SMILES string of the molecule is CC(C)C=C(C#N)C(=O)N1CCCC[C@@H]1COC(=O)NC(Cc1ccccc1)B(O)O. The van der Waals surface area contributed by atoms with E-state index in [4.69, 9.17) is 4.74 Å². The minimum atomic E-state index is -1.75. The number of nitriles is 1. The Kier molecular flexibility index (Phi) is 9.57. The highest BCUT2D eigenvalue weighted by Crippen LogP contribution is 2.20. The number of rotatable bonds is 8. The van der Waals surface area contributed by atoms with Gasteiger partial charge in [-0.1, -0.05) is 50.3 Å². The van der Waals surface area contributed by atoms with Gasteiger partial charge in [0.25, 0.3) is 5.91 Å². The lowest BCUT2D eigenvalue weighted by Crippen LogP contribution is -2.50. The van der Waals surface area contributed by atoms with Crippen LogP contribution in [0.4, 0.5) is 4.79 Å². The van der Waals surface area contributed by atoms with Crippen LogP contribution in [0, 0.1) is 17.2 Å². The summed E-state index contributed by atoms with van der Waals surface area (Å²) < 4.78 is 5.31. The van der Waals surface area contributed by atoms with Crippen LogP contribution in [0.5, 0.6) is 0 Å². The lowest BCUT2D eigenvalue weighted by Gasteiger charge is -2.35. The maximum Gasteiger partial charge on any atom is 0.475 e. The van der Waals surface area contributed by atoms with Crippen LogP contribution in [0.1, 0.15) is 38.7 Å². The van der Waals surface area contributed by atoms with Crippen LogP contribution in [0.15, 0.2) is 42.0 Å². The van der Waals surface area contributed by atoms with Crippen LogP contribution in [-0.2, 0) is 16.0 Å². The third kappa shape index (κ3) is 7.74. The van der Waals surface area contributed by atoms with Crippen molar-refractivity contribution in [2.24, 2.45) is 5.92 Å². The molecule has 1 fully saturated rings. The van der Waals surface area contributed by atoms with Crippen molar-refractivity contribution < 1.29 is 24.4 Å². The van der Waals surface area contributed by atoms with E-state index in [-0.39, 0.29) is 36.5 Å². The van der Waals surface area contributed by atoms with Gasteiger partial charge in [0.05, 0.1) is 12.0 Å². The summed E-state index contributed by atoms with van der Waals surface area (Å²) in [5.74, 6) is -1.22. The zero-order valence-corrected chi connectivity index (χ0v) is 18.0. The first-order valence-electron chi connectivity index (χ1n) is 10.6. The van der Waals surface area contributed by atoms with E-state index < -0.39 is 19.2 Å². The maximum absolute atomic E-state index is 12.8. The van der Waals surface area contributed by atoms with Crippen LogP contribution in [0.3, 0.4) is 0 Å². The molecule has 2 amide bonds. The molecule has 166 valence electrons. The van der Waals surface area contributed by atoms with Gasteiger partial charge in [-0.25, -0.2) is 4.79 Å². The molecular formula is C22H30BN3O5. The minimum absolute atomic E-state index is 0.0302. The molecule has 1 aromatic rings. The van der Waals surface area contributed by atoms with E-state index in [1.165, 1.54) is 0 Å². The predicted molar refractivity (Wildman–Crippen MR) is 116 cm³/mol. The van der Waals surface area contributed by atoms with Crippen LogP contribution in [0.25, 0.3) is 0 Å². The van der Waals surface area contributed by atoms with Crippen LogP contribution in [0.2, 0.25) is 0 Å². The Bertz CT molecular complexity index is 807. The van der Waals surface area contributed by atoms with Crippen molar-refractivity contribution in [2.75, 3.05) is 13.2 Å². The first-order valence-corrected chi connectivity index (χ1v) is 10.6. The molecule has 9 heteroatoms. The zero-order chi connectivity index (χ0) is 22.8. The fourth-order valence-corrected chi connectivity index (χ4v) is 3.55. The van der Waals surface area contributed by atoms with Crippen molar-refractivity contribution in [1.82, 2.24) is 10.2 Å². The first kappa shape index (κ1) is 24.4. The number of benzene rings is 1. The molecule has 0 spiro atoms. The number of allylic oxidation sites excluding steroid dienone is 1. The molecule has 1 heterocycles. The van der Waals surface area contributed by atoms with E-state index in [9.17, 15) is 24.9 Å². The Morgan fingerprint density at radius 2 is 2.03 bits per heavy atom. The molecule has 0 radical (unpaired) electrons. The molecule has 0 saturated carbocycles. The molecule has 0 aromatic heterocycles. The molecule has 1 aliphatic rings.